The van der Waals surface area contributed by atoms with Crippen molar-refractivity contribution in [2.45, 2.75) is 12.6 Å². The molecule has 0 aliphatic carbocycles. The molecule has 0 atom stereocenters. The van der Waals surface area contributed by atoms with Gasteiger partial charge in [-0.15, -0.1) is 0 Å². The second kappa shape index (κ2) is 8.55. The fourth-order valence-corrected chi connectivity index (χ4v) is 2.15. The minimum absolute atomic E-state index is 0.162. The SMILES string of the molecule is CCOC(=O)/C(=N/C(O)(CO)CO)C(=O)c1cc(I)cc(F)c1F. The van der Waals surface area contributed by atoms with Crippen molar-refractivity contribution in [1.29, 1.82) is 0 Å². The average Bonchev–Trinajstić information content (AvgIpc) is 2.55. The van der Waals surface area contributed by atoms with Crippen LogP contribution in [-0.4, -0.2) is 58.3 Å². The highest BCUT2D eigenvalue weighted by Gasteiger charge is 2.33. The van der Waals surface area contributed by atoms with Crippen molar-refractivity contribution in [2.24, 2.45) is 4.99 Å². The first-order valence-corrected chi connectivity index (χ1v) is 7.67. The number of aliphatic hydroxyl groups is 3. The molecule has 24 heavy (non-hydrogen) atoms. The Morgan fingerprint density at radius 3 is 2.38 bits per heavy atom. The van der Waals surface area contributed by atoms with E-state index < -0.39 is 53.6 Å². The summed E-state index contributed by atoms with van der Waals surface area (Å²) in [5.41, 5.74) is -4.44. The number of nitrogens with zero attached hydrogens (tertiary/aromatic N) is 1. The molecule has 132 valence electrons. The van der Waals surface area contributed by atoms with Gasteiger partial charge in [-0.05, 0) is 41.6 Å². The molecule has 1 rings (SSSR count). The fraction of sp³-hybridized carbons (Fsp3) is 0.357. The minimum Gasteiger partial charge on any atom is -0.461 e. The molecule has 0 aliphatic heterocycles. The third-order valence-electron chi connectivity index (χ3n) is 2.75. The molecule has 0 aromatic heterocycles. The Hall–Kier alpha value is -1.50. The van der Waals surface area contributed by atoms with E-state index in [4.69, 9.17) is 10.2 Å². The van der Waals surface area contributed by atoms with Crippen molar-refractivity contribution in [2.75, 3.05) is 19.8 Å². The smallest absolute Gasteiger partial charge is 0.360 e. The Bertz CT molecular complexity index is 675. The summed E-state index contributed by atoms with van der Waals surface area (Å²) in [4.78, 5) is 27.6. The maximum Gasteiger partial charge on any atom is 0.360 e. The topological polar surface area (TPSA) is 116 Å². The van der Waals surface area contributed by atoms with Crippen molar-refractivity contribution < 1.29 is 38.4 Å². The fourth-order valence-electron chi connectivity index (χ4n) is 1.57. The molecule has 3 N–H and O–H groups in total. The van der Waals surface area contributed by atoms with Gasteiger partial charge in [-0.25, -0.2) is 18.6 Å². The highest BCUT2D eigenvalue weighted by molar-refractivity contribution is 14.1. The number of hydrogen-bond acceptors (Lipinski definition) is 7. The molecule has 0 fully saturated rings. The van der Waals surface area contributed by atoms with Crippen LogP contribution in [0.2, 0.25) is 0 Å². The van der Waals surface area contributed by atoms with Crippen LogP contribution < -0.4 is 0 Å². The number of Topliss-reactive ketones (excluding diaryl/α,β-unsaturated/α-hetero) is 1. The lowest BCUT2D eigenvalue weighted by atomic mass is 10.1. The van der Waals surface area contributed by atoms with Crippen molar-refractivity contribution in [3.8, 4) is 0 Å². The first kappa shape index (κ1) is 20.5. The van der Waals surface area contributed by atoms with Crippen molar-refractivity contribution in [3.05, 3.63) is 32.9 Å². The molecule has 0 unspecified atom stereocenters. The summed E-state index contributed by atoms with van der Waals surface area (Å²) in [6.07, 6.45) is 0. The van der Waals surface area contributed by atoms with E-state index in [0.717, 1.165) is 12.1 Å². The largest absolute Gasteiger partial charge is 0.461 e. The molecule has 0 aliphatic rings. The quantitative estimate of drug-likeness (QED) is 0.137. The first-order chi connectivity index (χ1) is 11.2. The van der Waals surface area contributed by atoms with Crippen LogP contribution in [0.25, 0.3) is 0 Å². The number of ether oxygens (including phenoxy) is 1. The van der Waals surface area contributed by atoms with Gasteiger partial charge in [0.1, 0.15) is 0 Å². The second-order valence-corrected chi connectivity index (χ2v) is 5.80. The Labute approximate surface area is 149 Å². The molecule has 0 heterocycles. The van der Waals surface area contributed by atoms with Crippen LogP contribution in [0.3, 0.4) is 0 Å². The van der Waals surface area contributed by atoms with E-state index in [0.29, 0.717) is 0 Å². The van der Waals surface area contributed by atoms with E-state index in [1.54, 1.807) is 22.6 Å². The molecular weight excluding hydrogens is 443 g/mol. The molecule has 0 bridgehead atoms. The maximum atomic E-state index is 13.9. The van der Waals surface area contributed by atoms with E-state index in [1.165, 1.54) is 6.92 Å². The molecule has 7 nitrogen and oxygen atoms in total. The van der Waals surface area contributed by atoms with Crippen LogP contribution in [0.15, 0.2) is 17.1 Å². The molecule has 1 aromatic carbocycles. The van der Waals surface area contributed by atoms with E-state index in [-0.39, 0.29) is 10.2 Å². The number of esters is 1. The van der Waals surface area contributed by atoms with Gasteiger partial charge in [0.25, 0.3) is 0 Å². The summed E-state index contributed by atoms with van der Waals surface area (Å²) in [5.74, 6) is -5.49. The number of benzene rings is 1. The summed E-state index contributed by atoms with van der Waals surface area (Å²) in [6, 6.07) is 1.82. The summed E-state index contributed by atoms with van der Waals surface area (Å²) in [7, 11) is 0. The molecule has 0 saturated heterocycles. The number of aliphatic hydroxyl groups excluding tert-OH is 2. The predicted molar refractivity (Wildman–Crippen MR) is 86.6 cm³/mol. The minimum atomic E-state index is -2.56. The number of rotatable bonds is 7. The highest BCUT2D eigenvalue weighted by atomic mass is 127. The number of carbonyl (C=O) groups excluding carboxylic acids is 2. The first-order valence-electron chi connectivity index (χ1n) is 6.59. The molecule has 0 radical (unpaired) electrons. The number of aliphatic imine (C=N–C) groups is 1. The van der Waals surface area contributed by atoms with Crippen LogP contribution in [0.4, 0.5) is 8.78 Å². The standard InChI is InChI=1S/C14H14F2INO6/c1-2-24-13(22)11(18-14(23,5-19)6-20)12(21)8-3-7(17)4-9(15)10(8)16/h3-4,19-20,23H,2,5-6H2,1H3/b18-11+. The summed E-state index contributed by atoms with van der Waals surface area (Å²) >= 11 is 1.64. The van der Waals surface area contributed by atoms with Gasteiger partial charge in [-0.1, -0.05) is 0 Å². The van der Waals surface area contributed by atoms with Gasteiger partial charge in [0.15, 0.2) is 17.3 Å². The third kappa shape index (κ3) is 4.75. The van der Waals surface area contributed by atoms with Gasteiger partial charge in [0, 0.05) is 3.57 Å². The Balaban J connectivity index is 3.48. The van der Waals surface area contributed by atoms with Gasteiger partial charge in [-0.3, -0.25) is 4.79 Å². The third-order valence-corrected chi connectivity index (χ3v) is 3.37. The zero-order valence-electron chi connectivity index (χ0n) is 12.4. The number of halogens is 3. The van der Waals surface area contributed by atoms with Crippen molar-refractivity contribution in [1.82, 2.24) is 0 Å². The zero-order valence-corrected chi connectivity index (χ0v) is 14.6. The van der Waals surface area contributed by atoms with Crippen LogP contribution in [-0.2, 0) is 9.53 Å². The van der Waals surface area contributed by atoms with Gasteiger partial charge < -0.3 is 20.1 Å². The Kier molecular flexibility index (Phi) is 7.32. The van der Waals surface area contributed by atoms with Gasteiger partial charge in [0.2, 0.25) is 11.5 Å². The van der Waals surface area contributed by atoms with Gasteiger partial charge in [-0.2, -0.15) is 0 Å². The lowest BCUT2D eigenvalue weighted by Crippen LogP contribution is -2.40. The molecule has 0 amide bonds. The number of ketones is 1. The van der Waals surface area contributed by atoms with E-state index in [9.17, 15) is 23.5 Å². The van der Waals surface area contributed by atoms with Crippen molar-refractivity contribution >= 4 is 40.1 Å². The van der Waals surface area contributed by atoms with Gasteiger partial charge in [0.05, 0.1) is 25.4 Å². The lowest BCUT2D eigenvalue weighted by Gasteiger charge is -2.19. The second-order valence-electron chi connectivity index (χ2n) is 4.56. The van der Waals surface area contributed by atoms with Crippen LogP contribution in [0, 0.1) is 15.2 Å². The number of hydrogen-bond donors (Lipinski definition) is 3. The summed E-state index contributed by atoms with van der Waals surface area (Å²) in [5, 5.41) is 27.8. The molecule has 10 heteroatoms. The Morgan fingerprint density at radius 1 is 1.29 bits per heavy atom. The van der Waals surface area contributed by atoms with E-state index >= 15 is 0 Å². The molecule has 0 spiro atoms. The molecule has 1 aromatic rings. The average molecular weight is 457 g/mol. The lowest BCUT2D eigenvalue weighted by molar-refractivity contribution is -0.135. The zero-order chi connectivity index (χ0) is 18.5. The van der Waals surface area contributed by atoms with Crippen LogP contribution in [0.1, 0.15) is 17.3 Å². The molecular formula is C14H14F2INO6. The number of carbonyl (C=O) groups is 2. The van der Waals surface area contributed by atoms with Crippen LogP contribution >= 0.6 is 22.6 Å². The van der Waals surface area contributed by atoms with Gasteiger partial charge >= 0.3 is 5.97 Å². The van der Waals surface area contributed by atoms with Crippen molar-refractivity contribution in [3.63, 3.8) is 0 Å². The monoisotopic (exact) mass is 457 g/mol. The normalized spacial score (nSPS) is 12.2. The maximum absolute atomic E-state index is 13.9. The molecule has 0 saturated carbocycles. The summed E-state index contributed by atoms with van der Waals surface area (Å²) in [6.45, 7) is -0.979. The van der Waals surface area contributed by atoms with Crippen LogP contribution in [0.5, 0.6) is 0 Å². The summed E-state index contributed by atoms with van der Waals surface area (Å²) < 4.78 is 32.1. The van der Waals surface area contributed by atoms with E-state index in [1.807, 2.05) is 0 Å². The Morgan fingerprint density at radius 2 is 1.88 bits per heavy atom. The van der Waals surface area contributed by atoms with E-state index in [2.05, 4.69) is 9.73 Å². The predicted octanol–water partition coefficient (Wildman–Crippen LogP) is 0.429. The highest BCUT2D eigenvalue weighted by Crippen LogP contribution is 2.19.